The fourth-order valence-corrected chi connectivity index (χ4v) is 0.968. The molecule has 0 spiro atoms. The fraction of sp³-hybridized carbons (Fsp3) is 1.00. The van der Waals surface area contributed by atoms with Gasteiger partial charge in [0, 0.05) is 24.0 Å². The fourth-order valence-electron chi connectivity index (χ4n) is 0.968. The Labute approximate surface area is 80.3 Å². The lowest BCUT2D eigenvalue weighted by Gasteiger charge is -2.26. The van der Waals surface area contributed by atoms with Crippen molar-refractivity contribution < 1.29 is 13.2 Å². The summed E-state index contributed by atoms with van der Waals surface area (Å²) in [6, 6.07) is -0.217. The van der Waals surface area contributed by atoms with E-state index in [0.717, 1.165) is 0 Å². The second kappa shape index (κ2) is 5.72. The number of halogens is 3. The van der Waals surface area contributed by atoms with Crippen molar-refractivity contribution in [3.63, 3.8) is 0 Å². The highest BCUT2D eigenvalue weighted by atomic mass is 19.4. The summed E-state index contributed by atoms with van der Waals surface area (Å²) in [4.78, 5) is 3.70. The van der Waals surface area contributed by atoms with Gasteiger partial charge in [0.25, 0.3) is 0 Å². The lowest BCUT2D eigenvalue weighted by molar-refractivity contribution is -0.149. The number of nitrogens with zero attached hydrogens (tertiary/aromatic N) is 4. The molecule has 0 heterocycles. The van der Waals surface area contributed by atoms with Gasteiger partial charge < -0.3 is 0 Å². The third kappa shape index (κ3) is 6.56. The van der Waals surface area contributed by atoms with Gasteiger partial charge in [0.05, 0.1) is 6.54 Å². The topological polar surface area (TPSA) is 52.0 Å². The molecule has 0 aliphatic carbocycles. The minimum atomic E-state index is -4.21. The summed E-state index contributed by atoms with van der Waals surface area (Å²) in [6.45, 7) is 2.56. The maximum atomic E-state index is 12.0. The summed E-state index contributed by atoms with van der Waals surface area (Å²) in [5, 5.41) is 3.20. The van der Waals surface area contributed by atoms with Crippen molar-refractivity contribution in [1.82, 2.24) is 4.90 Å². The second-order valence-electron chi connectivity index (χ2n) is 3.13. The van der Waals surface area contributed by atoms with Gasteiger partial charge >= 0.3 is 6.18 Å². The first kappa shape index (κ1) is 13.1. The maximum Gasteiger partial charge on any atom is 0.401 e. The summed E-state index contributed by atoms with van der Waals surface area (Å²) in [5.41, 5.74) is 7.97. The lowest BCUT2D eigenvalue weighted by Crippen LogP contribution is -2.40. The van der Waals surface area contributed by atoms with E-state index in [-0.39, 0.29) is 19.1 Å². The Morgan fingerprint density at radius 2 is 2.00 bits per heavy atom. The molecular weight excluding hydrogens is 197 g/mol. The first-order valence-corrected chi connectivity index (χ1v) is 4.18. The Morgan fingerprint density at radius 1 is 1.43 bits per heavy atom. The molecule has 0 radical (unpaired) electrons. The van der Waals surface area contributed by atoms with Crippen LogP contribution in [0.3, 0.4) is 0 Å². The van der Waals surface area contributed by atoms with Crippen molar-refractivity contribution in [2.75, 3.05) is 19.6 Å². The van der Waals surface area contributed by atoms with Gasteiger partial charge in [-0.1, -0.05) is 5.11 Å². The number of hydrogen-bond acceptors (Lipinski definition) is 2. The summed E-state index contributed by atoms with van der Waals surface area (Å²) < 4.78 is 36.1. The SMILES string of the molecule is CC(C)N(CCN=[N+]=[N-])CC(F)(F)F. The lowest BCUT2D eigenvalue weighted by atomic mass is 10.3. The minimum absolute atomic E-state index is 0.0603. The van der Waals surface area contributed by atoms with Crippen LogP contribution in [-0.2, 0) is 0 Å². The average Bonchev–Trinajstić information content (AvgIpc) is 2.00. The molecule has 0 aromatic heterocycles. The van der Waals surface area contributed by atoms with E-state index in [4.69, 9.17) is 5.53 Å². The van der Waals surface area contributed by atoms with Gasteiger partial charge in [0.2, 0.25) is 0 Å². The van der Waals surface area contributed by atoms with Crippen LogP contribution >= 0.6 is 0 Å². The molecule has 0 atom stereocenters. The zero-order valence-corrected chi connectivity index (χ0v) is 8.12. The molecule has 0 saturated heterocycles. The highest BCUT2D eigenvalue weighted by Gasteiger charge is 2.31. The normalized spacial score (nSPS) is 11.9. The molecule has 0 N–H and O–H groups in total. The molecule has 0 saturated carbocycles. The number of azide groups is 1. The summed E-state index contributed by atoms with van der Waals surface area (Å²) in [6.07, 6.45) is -4.21. The van der Waals surface area contributed by atoms with Crippen LogP contribution in [0.25, 0.3) is 10.4 Å². The molecule has 0 aromatic carbocycles. The van der Waals surface area contributed by atoms with E-state index in [0.29, 0.717) is 0 Å². The summed E-state index contributed by atoms with van der Waals surface area (Å²) in [5.74, 6) is 0. The van der Waals surface area contributed by atoms with Gasteiger partial charge in [-0.25, -0.2) is 0 Å². The smallest absolute Gasteiger partial charge is 0.292 e. The van der Waals surface area contributed by atoms with Crippen LogP contribution in [0.2, 0.25) is 0 Å². The van der Waals surface area contributed by atoms with Crippen molar-refractivity contribution in [2.24, 2.45) is 5.11 Å². The van der Waals surface area contributed by atoms with Crippen molar-refractivity contribution >= 4 is 0 Å². The zero-order valence-electron chi connectivity index (χ0n) is 8.12. The molecule has 0 aromatic rings. The van der Waals surface area contributed by atoms with E-state index in [1.165, 1.54) is 4.90 Å². The summed E-state index contributed by atoms with van der Waals surface area (Å²) >= 11 is 0. The quantitative estimate of drug-likeness (QED) is 0.391. The molecule has 0 unspecified atom stereocenters. The van der Waals surface area contributed by atoms with E-state index in [1.807, 2.05) is 0 Å². The van der Waals surface area contributed by atoms with Gasteiger partial charge in [0.1, 0.15) is 0 Å². The predicted octanol–water partition coefficient (Wildman–Crippen LogP) is 2.57. The van der Waals surface area contributed by atoms with E-state index in [2.05, 4.69) is 10.0 Å². The predicted molar refractivity (Wildman–Crippen MR) is 46.8 cm³/mol. The Balaban J connectivity index is 4.09. The van der Waals surface area contributed by atoms with Crippen molar-refractivity contribution in [3.05, 3.63) is 10.4 Å². The van der Waals surface area contributed by atoms with E-state index in [9.17, 15) is 13.2 Å². The third-order valence-electron chi connectivity index (χ3n) is 1.66. The Hall–Kier alpha value is -0.940. The molecule has 0 rings (SSSR count). The molecule has 0 fully saturated rings. The minimum Gasteiger partial charge on any atom is -0.292 e. The maximum absolute atomic E-state index is 12.0. The first-order chi connectivity index (χ1) is 6.37. The second-order valence-corrected chi connectivity index (χ2v) is 3.13. The van der Waals surface area contributed by atoms with Crippen LogP contribution < -0.4 is 0 Å². The van der Waals surface area contributed by atoms with Crippen molar-refractivity contribution in [3.8, 4) is 0 Å². The largest absolute Gasteiger partial charge is 0.401 e. The van der Waals surface area contributed by atoms with Crippen LogP contribution in [-0.4, -0.2) is 36.8 Å². The van der Waals surface area contributed by atoms with Gasteiger partial charge in [-0.05, 0) is 19.4 Å². The molecular formula is C7H13F3N4. The zero-order chi connectivity index (χ0) is 11.2. The van der Waals surface area contributed by atoms with Crippen LogP contribution in [0, 0.1) is 0 Å². The average molecular weight is 210 g/mol. The van der Waals surface area contributed by atoms with Gasteiger partial charge in [-0.2, -0.15) is 13.2 Å². The standard InChI is InChI=1S/C7H13F3N4/c1-6(2)14(4-3-12-13-11)5-7(8,9)10/h6H,3-5H2,1-2H3. The molecule has 7 heteroatoms. The van der Waals surface area contributed by atoms with Crippen molar-refractivity contribution in [1.29, 1.82) is 0 Å². The van der Waals surface area contributed by atoms with Crippen LogP contribution in [0.5, 0.6) is 0 Å². The van der Waals surface area contributed by atoms with Crippen LogP contribution in [0.4, 0.5) is 13.2 Å². The highest BCUT2D eigenvalue weighted by molar-refractivity contribution is 4.68. The van der Waals surface area contributed by atoms with E-state index in [1.54, 1.807) is 13.8 Å². The Kier molecular flexibility index (Phi) is 5.34. The number of hydrogen-bond donors (Lipinski definition) is 0. The first-order valence-electron chi connectivity index (χ1n) is 4.18. The van der Waals surface area contributed by atoms with Crippen LogP contribution in [0.1, 0.15) is 13.8 Å². The molecule has 4 nitrogen and oxygen atoms in total. The van der Waals surface area contributed by atoms with E-state index < -0.39 is 12.7 Å². The van der Waals surface area contributed by atoms with Gasteiger partial charge in [-0.3, -0.25) is 4.90 Å². The van der Waals surface area contributed by atoms with Gasteiger partial charge in [0.15, 0.2) is 0 Å². The molecule has 0 aliphatic rings. The Bertz CT molecular complexity index is 207. The molecule has 0 bridgehead atoms. The molecule has 0 amide bonds. The molecule has 14 heavy (non-hydrogen) atoms. The van der Waals surface area contributed by atoms with Gasteiger partial charge in [-0.15, -0.1) is 0 Å². The van der Waals surface area contributed by atoms with E-state index >= 15 is 0 Å². The third-order valence-corrected chi connectivity index (χ3v) is 1.66. The molecule has 0 aliphatic heterocycles. The Morgan fingerprint density at radius 3 is 2.36 bits per heavy atom. The summed E-state index contributed by atoms with van der Waals surface area (Å²) in [7, 11) is 0. The van der Waals surface area contributed by atoms with Crippen LogP contribution in [0.15, 0.2) is 5.11 Å². The molecule has 82 valence electrons. The number of alkyl halides is 3. The number of rotatable bonds is 5. The monoisotopic (exact) mass is 210 g/mol. The van der Waals surface area contributed by atoms with Crippen molar-refractivity contribution in [2.45, 2.75) is 26.1 Å². The highest BCUT2D eigenvalue weighted by Crippen LogP contribution is 2.17.